The Labute approximate surface area is 95.6 Å². The highest BCUT2D eigenvalue weighted by molar-refractivity contribution is 7.16. The SMILES string of the molecule is NNC(Cc1ccc(Cl)s1)c1ncn[nH]1. The van der Waals surface area contributed by atoms with E-state index >= 15 is 0 Å². The largest absolute Gasteiger partial charge is 0.271 e. The minimum atomic E-state index is -0.0674. The highest BCUT2D eigenvalue weighted by Crippen LogP contribution is 2.25. The molecule has 1 atom stereocenters. The number of hydrogen-bond acceptors (Lipinski definition) is 5. The summed E-state index contributed by atoms with van der Waals surface area (Å²) in [4.78, 5) is 5.21. The molecule has 4 N–H and O–H groups in total. The van der Waals surface area contributed by atoms with Gasteiger partial charge < -0.3 is 0 Å². The number of rotatable bonds is 4. The third-order valence-electron chi connectivity index (χ3n) is 2.00. The molecule has 2 heterocycles. The number of halogens is 1. The van der Waals surface area contributed by atoms with Crippen molar-refractivity contribution >= 4 is 22.9 Å². The van der Waals surface area contributed by atoms with E-state index in [1.165, 1.54) is 17.7 Å². The first-order valence-electron chi connectivity index (χ1n) is 4.35. The number of aromatic nitrogens is 3. The van der Waals surface area contributed by atoms with Crippen LogP contribution in [-0.4, -0.2) is 15.2 Å². The Kier molecular flexibility index (Phi) is 3.32. The van der Waals surface area contributed by atoms with E-state index in [0.717, 1.165) is 21.5 Å². The lowest BCUT2D eigenvalue weighted by molar-refractivity contribution is 0.528. The van der Waals surface area contributed by atoms with Crippen molar-refractivity contribution in [1.82, 2.24) is 20.6 Å². The minimum absolute atomic E-state index is 0.0674. The summed E-state index contributed by atoms with van der Waals surface area (Å²) in [5.74, 6) is 6.18. The highest BCUT2D eigenvalue weighted by Gasteiger charge is 2.14. The second-order valence-corrected chi connectivity index (χ2v) is 4.80. The molecule has 0 aliphatic heterocycles. The van der Waals surface area contributed by atoms with E-state index in [1.54, 1.807) is 0 Å². The van der Waals surface area contributed by atoms with Crippen molar-refractivity contribution in [2.24, 2.45) is 5.84 Å². The normalized spacial score (nSPS) is 12.9. The number of nitrogens with zero attached hydrogens (tertiary/aromatic N) is 2. The standard InChI is InChI=1S/C8H10ClN5S/c9-7-2-1-5(15-7)3-6(13-10)8-11-4-12-14-8/h1-2,4,6,13H,3,10H2,(H,11,12,14). The van der Waals surface area contributed by atoms with Crippen molar-refractivity contribution in [2.45, 2.75) is 12.5 Å². The molecule has 0 spiro atoms. The Bertz CT molecular complexity index is 412. The summed E-state index contributed by atoms with van der Waals surface area (Å²) in [7, 11) is 0. The number of thiophene rings is 1. The molecule has 2 rings (SSSR count). The Morgan fingerprint density at radius 3 is 3.00 bits per heavy atom. The Balaban J connectivity index is 2.09. The van der Waals surface area contributed by atoms with Gasteiger partial charge in [-0.1, -0.05) is 11.6 Å². The van der Waals surface area contributed by atoms with Crippen LogP contribution in [0.2, 0.25) is 4.34 Å². The van der Waals surface area contributed by atoms with E-state index < -0.39 is 0 Å². The van der Waals surface area contributed by atoms with Gasteiger partial charge in [-0.15, -0.1) is 11.3 Å². The van der Waals surface area contributed by atoms with E-state index in [0.29, 0.717) is 0 Å². The monoisotopic (exact) mass is 243 g/mol. The fourth-order valence-corrected chi connectivity index (χ4v) is 2.41. The molecule has 15 heavy (non-hydrogen) atoms. The van der Waals surface area contributed by atoms with Gasteiger partial charge in [-0.25, -0.2) is 10.4 Å². The summed E-state index contributed by atoms with van der Waals surface area (Å²) in [5, 5.41) is 6.57. The van der Waals surface area contributed by atoms with Crippen LogP contribution in [0.4, 0.5) is 0 Å². The van der Waals surface area contributed by atoms with Crippen LogP contribution in [0.15, 0.2) is 18.5 Å². The first-order chi connectivity index (χ1) is 7.29. The van der Waals surface area contributed by atoms with Crippen molar-refractivity contribution in [3.63, 3.8) is 0 Å². The molecular formula is C8H10ClN5S. The molecule has 0 aliphatic rings. The zero-order valence-corrected chi connectivity index (χ0v) is 9.35. The molecule has 2 aromatic rings. The molecule has 0 saturated carbocycles. The Hall–Kier alpha value is -0.950. The molecule has 5 nitrogen and oxygen atoms in total. The summed E-state index contributed by atoms with van der Waals surface area (Å²) in [6.45, 7) is 0. The average molecular weight is 244 g/mol. The van der Waals surface area contributed by atoms with Crippen LogP contribution < -0.4 is 11.3 Å². The predicted octanol–water partition coefficient (Wildman–Crippen LogP) is 1.27. The van der Waals surface area contributed by atoms with Crippen LogP contribution in [0.5, 0.6) is 0 Å². The quantitative estimate of drug-likeness (QED) is 0.558. The summed E-state index contributed by atoms with van der Waals surface area (Å²) in [6.07, 6.45) is 2.20. The Morgan fingerprint density at radius 2 is 2.47 bits per heavy atom. The van der Waals surface area contributed by atoms with E-state index in [4.69, 9.17) is 17.4 Å². The topological polar surface area (TPSA) is 79.6 Å². The van der Waals surface area contributed by atoms with Gasteiger partial charge in [0.2, 0.25) is 0 Å². The molecule has 0 fully saturated rings. The lowest BCUT2D eigenvalue weighted by Gasteiger charge is -2.10. The molecule has 0 aromatic carbocycles. The van der Waals surface area contributed by atoms with Crippen LogP contribution in [0.1, 0.15) is 16.7 Å². The molecule has 0 radical (unpaired) electrons. The van der Waals surface area contributed by atoms with Gasteiger partial charge in [0.15, 0.2) is 0 Å². The molecule has 1 unspecified atom stereocenters. The second-order valence-electron chi connectivity index (χ2n) is 3.00. The van der Waals surface area contributed by atoms with Crippen LogP contribution >= 0.6 is 22.9 Å². The number of hydrogen-bond donors (Lipinski definition) is 3. The van der Waals surface area contributed by atoms with Crippen LogP contribution in [-0.2, 0) is 6.42 Å². The van der Waals surface area contributed by atoms with Crippen molar-refractivity contribution in [2.75, 3.05) is 0 Å². The van der Waals surface area contributed by atoms with Gasteiger partial charge in [-0.05, 0) is 12.1 Å². The number of H-pyrrole nitrogens is 1. The number of nitrogens with two attached hydrogens (primary N) is 1. The number of hydrazine groups is 1. The molecule has 7 heteroatoms. The fourth-order valence-electron chi connectivity index (χ4n) is 1.28. The zero-order chi connectivity index (χ0) is 10.7. The average Bonchev–Trinajstić information content (AvgIpc) is 2.85. The predicted molar refractivity (Wildman–Crippen MR) is 59.5 cm³/mol. The van der Waals surface area contributed by atoms with E-state index in [9.17, 15) is 0 Å². The molecule has 0 bridgehead atoms. The zero-order valence-electron chi connectivity index (χ0n) is 7.77. The minimum Gasteiger partial charge on any atom is -0.271 e. The third-order valence-corrected chi connectivity index (χ3v) is 3.25. The van der Waals surface area contributed by atoms with E-state index in [2.05, 4.69) is 20.6 Å². The van der Waals surface area contributed by atoms with Gasteiger partial charge in [0, 0.05) is 11.3 Å². The molecule has 0 aliphatic carbocycles. The summed E-state index contributed by atoms with van der Waals surface area (Å²) in [5.41, 5.74) is 2.69. The molecule has 0 saturated heterocycles. The van der Waals surface area contributed by atoms with Crippen molar-refractivity contribution < 1.29 is 0 Å². The van der Waals surface area contributed by atoms with Crippen LogP contribution in [0.3, 0.4) is 0 Å². The maximum Gasteiger partial charge on any atom is 0.143 e. The van der Waals surface area contributed by atoms with E-state index in [1.807, 2.05) is 12.1 Å². The summed E-state index contributed by atoms with van der Waals surface area (Å²) >= 11 is 7.38. The Morgan fingerprint density at radius 1 is 1.60 bits per heavy atom. The lowest BCUT2D eigenvalue weighted by atomic mass is 10.2. The first kappa shape index (κ1) is 10.6. The molecule has 80 valence electrons. The van der Waals surface area contributed by atoms with Crippen molar-refractivity contribution in [3.8, 4) is 0 Å². The smallest absolute Gasteiger partial charge is 0.143 e. The van der Waals surface area contributed by atoms with Crippen LogP contribution in [0.25, 0.3) is 0 Å². The molecular weight excluding hydrogens is 234 g/mol. The van der Waals surface area contributed by atoms with Gasteiger partial charge in [0.25, 0.3) is 0 Å². The van der Waals surface area contributed by atoms with Gasteiger partial charge in [-0.2, -0.15) is 5.10 Å². The van der Waals surface area contributed by atoms with Crippen molar-refractivity contribution in [3.05, 3.63) is 33.5 Å². The van der Waals surface area contributed by atoms with Gasteiger partial charge in [-0.3, -0.25) is 10.9 Å². The lowest BCUT2D eigenvalue weighted by Crippen LogP contribution is -2.30. The highest BCUT2D eigenvalue weighted by atomic mass is 35.5. The second kappa shape index (κ2) is 4.71. The molecule has 2 aromatic heterocycles. The fraction of sp³-hybridized carbons (Fsp3) is 0.250. The van der Waals surface area contributed by atoms with Gasteiger partial charge in [0.05, 0.1) is 10.4 Å². The van der Waals surface area contributed by atoms with Gasteiger partial charge >= 0.3 is 0 Å². The van der Waals surface area contributed by atoms with Crippen molar-refractivity contribution in [1.29, 1.82) is 0 Å². The number of aromatic amines is 1. The maximum atomic E-state index is 5.84. The van der Waals surface area contributed by atoms with E-state index in [-0.39, 0.29) is 6.04 Å². The van der Waals surface area contributed by atoms with Gasteiger partial charge in [0.1, 0.15) is 12.2 Å². The van der Waals surface area contributed by atoms with Crippen LogP contribution in [0, 0.1) is 0 Å². The summed E-state index contributed by atoms with van der Waals surface area (Å²) in [6, 6.07) is 3.78. The first-order valence-corrected chi connectivity index (χ1v) is 5.54. The maximum absolute atomic E-state index is 5.84. The number of nitrogens with one attached hydrogen (secondary N) is 2. The molecule has 0 amide bonds. The summed E-state index contributed by atoms with van der Waals surface area (Å²) < 4.78 is 0.776. The third kappa shape index (κ3) is 2.54.